The highest BCUT2D eigenvalue weighted by molar-refractivity contribution is 8.00. The molecule has 3 N–H and O–H groups in total. The van der Waals surface area contributed by atoms with Crippen molar-refractivity contribution in [2.24, 2.45) is 0 Å². The molecule has 1 atom stereocenters. The Kier molecular flexibility index (Phi) is 12.8. The number of nitrogens with one attached hydrogen (secondary N) is 3. The second-order valence-electron chi connectivity index (χ2n) is 11.8. The van der Waals surface area contributed by atoms with Crippen molar-refractivity contribution < 1.29 is 33.4 Å². The molecule has 0 saturated heterocycles. The van der Waals surface area contributed by atoms with Crippen LogP contribution in [0.15, 0.2) is 77.3 Å². The van der Waals surface area contributed by atoms with Crippen LogP contribution in [-0.4, -0.2) is 61.7 Å². The van der Waals surface area contributed by atoms with Gasteiger partial charge in [-0.2, -0.15) is 5.26 Å². The van der Waals surface area contributed by atoms with Crippen LogP contribution in [0.5, 0.6) is 17.2 Å². The first kappa shape index (κ1) is 38.5. The van der Waals surface area contributed by atoms with Gasteiger partial charge in [-0.25, -0.2) is 0 Å². The number of fused-ring (bicyclic) bond motifs is 1. The summed E-state index contributed by atoms with van der Waals surface area (Å²) in [5.41, 5.74) is 2.58. The normalized spacial score (nSPS) is 12.8. The average Bonchev–Trinajstić information content (AvgIpc) is 3.52. The number of hydrogen-bond donors (Lipinski definition) is 3. The molecule has 12 nitrogen and oxygen atoms in total. The highest BCUT2D eigenvalue weighted by atomic mass is 32.2. The molecule has 0 bridgehead atoms. The number of hydrogen-bond acceptors (Lipinski definition) is 10. The monoisotopic (exact) mass is 753 g/mol. The summed E-state index contributed by atoms with van der Waals surface area (Å²) in [6.45, 7) is 4.37. The zero-order chi connectivity index (χ0) is 38.1. The number of ether oxygens (including phenoxy) is 3. The maximum absolute atomic E-state index is 13.8. The number of thioether (sulfide) groups is 1. The molecule has 4 aromatic rings. The van der Waals surface area contributed by atoms with Crippen molar-refractivity contribution >= 4 is 63.5 Å². The summed E-state index contributed by atoms with van der Waals surface area (Å²) in [6.07, 6.45) is 2.56. The number of nitriles is 1. The summed E-state index contributed by atoms with van der Waals surface area (Å²) in [6, 6.07) is 21.1. The minimum Gasteiger partial charge on any atom is -0.493 e. The minimum atomic E-state index is -0.594. The third-order valence-corrected chi connectivity index (χ3v) is 10.9. The largest absolute Gasteiger partial charge is 0.493 e. The van der Waals surface area contributed by atoms with Crippen molar-refractivity contribution in [1.82, 2.24) is 10.2 Å². The Balaban J connectivity index is 1.35. The molecule has 1 aromatic heterocycles. The van der Waals surface area contributed by atoms with Crippen LogP contribution in [0.4, 0.5) is 10.7 Å². The topological polar surface area (TPSA) is 159 Å². The minimum absolute atomic E-state index is 0.0308. The fourth-order valence-electron chi connectivity index (χ4n) is 5.70. The molecular formula is C39H39N5O7S2. The highest BCUT2D eigenvalue weighted by Gasteiger charge is 2.28. The van der Waals surface area contributed by atoms with Gasteiger partial charge in [0.2, 0.25) is 17.6 Å². The SMILES string of the molecule is CCC(Sc1cccc(NC(=O)/C(=C\c2cc(OC)c(OC)c(OC)c2)NC(=O)c2ccccc2)c1)C(=O)Nc1sc2c(c1C#N)CCN(C(C)=O)C2. The lowest BCUT2D eigenvalue weighted by Crippen LogP contribution is -2.33. The van der Waals surface area contributed by atoms with Crippen molar-refractivity contribution in [1.29, 1.82) is 5.26 Å². The molecule has 3 aromatic carbocycles. The quantitative estimate of drug-likeness (QED) is 0.103. The fourth-order valence-corrected chi connectivity index (χ4v) is 7.93. The van der Waals surface area contributed by atoms with Gasteiger partial charge >= 0.3 is 0 Å². The number of carbonyl (C=O) groups is 4. The molecule has 0 saturated carbocycles. The van der Waals surface area contributed by atoms with E-state index in [1.165, 1.54) is 57.4 Å². The molecule has 274 valence electrons. The van der Waals surface area contributed by atoms with E-state index in [0.717, 1.165) is 15.3 Å². The van der Waals surface area contributed by atoms with E-state index < -0.39 is 17.1 Å². The van der Waals surface area contributed by atoms with Crippen LogP contribution in [0.25, 0.3) is 6.08 Å². The van der Waals surface area contributed by atoms with Crippen molar-refractivity contribution in [3.8, 4) is 23.3 Å². The van der Waals surface area contributed by atoms with Gasteiger partial charge in [-0.05, 0) is 72.5 Å². The summed E-state index contributed by atoms with van der Waals surface area (Å²) < 4.78 is 16.4. The predicted molar refractivity (Wildman–Crippen MR) is 205 cm³/mol. The second-order valence-corrected chi connectivity index (χ2v) is 14.2. The molecule has 53 heavy (non-hydrogen) atoms. The Hall–Kier alpha value is -5.78. The smallest absolute Gasteiger partial charge is 0.272 e. The number of anilines is 2. The number of methoxy groups -OCH3 is 3. The number of amides is 4. The van der Waals surface area contributed by atoms with Gasteiger partial charge in [-0.3, -0.25) is 19.2 Å². The van der Waals surface area contributed by atoms with Crippen molar-refractivity contribution in [2.45, 2.75) is 43.4 Å². The summed E-state index contributed by atoms with van der Waals surface area (Å²) >= 11 is 2.65. The van der Waals surface area contributed by atoms with Crippen LogP contribution in [0.3, 0.4) is 0 Å². The van der Waals surface area contributed by atoms with Crippen LogP contribution in [-0.2, 0) is 27.3 Å². The molecular weight excluding hydrogens is 715 g/mol. The lowest BCUT2D eigenvalue weighted by Gasteiger charge is -2.25. The molecule has 1 unspecified atom stereocenters. The zero-order valence-corrected chi connectivity index (χ0v) is 31.5. The number of nitrogens with zero attached hydrogens (tertiary/aromatic N) is 2. The Morgan fingerprint density at radius 1 is 0.981 bits per heavy atom. The van der Waals surface area contributed by atoms with E-state index in [1.54, 1.807) is 65.6 Å². The van der Waals surface area contributed by atoms with E-state index in [4.69, 9.17) is 14.2 Å². The molecule has 4 amide bonds. The first-order valence-electron chi connectivity index (χ1n) is 16.7. The summed E-state index contributed by atoms with van der Waals surface area (Å²) in [7, 11) is 4.45. The number of rotatable bonds is 13. The lowest BCUT2D eigenvalue weighted by molar-refractivity contribution is -0.129. The second kappa shape index (κ2) is 17.6. The van der Waals surface area contributed by atoms with E-state index in [9.17, 15) is 24.4 Å². The van der Waals surface area contributed by atoms with Gasteiger partial charge in [0.15, 0.2) is 11.5 Å². The Morgan fingerprint density at radius 3 is 2.32 bits per heavy atom. The molecule has 1 aliphatic heterocycles. The molecule has 1 aliphatic rings. The molecule has 5 rings (SSSR count). The summed E-state index contributed by atoms with van der Waals surface area (Å²) in [5.74, 6) is -0.253. The standard InChI is InChI=1S/C39H39N5O7S2/c1-6-33(38(48)43-39-29(21-40)28-15-16-44(23(2)45)22-34(28)53-39)52-27-14-10-13-26(20-27)41-37(47)30(42-36(46)25-11-8-7-9-12-25)17-24-18-31(49-3)35(51-5)32(19-24)50-4/h7-14,17-20,33H,6,15-16,22H2,1-5H3,(H,41,47)(H,42,46)(H,43,48)/b30-17+. The van der Waals surface area contributed by atoms with E-state index in [0.29, 0.717) is 70.6 Å². The third-order valence-electron chi connectivity index (χ3n) is 8.41. The number of benzene rings is 3. The van der Waals surface area contributed by atoms with E-state index in [1.807, 2.05) is 13.0 Å². The van der Waals surface area contributed by atoms with E-state index >= 15 is 0 Å². The highest BCUT2D eigenvalue weighted by Crippen LogP contribution is 2.39. The molecule has 0 fully saturated rings. The van der Waals surface area contributed by atoms with Crippen molar-refractivity contribution in [3.63, 3.8) is 0 Å². The lowest BCUT2D eigenvalue weighted by atomic mass is 10.0. The summed E-state index contributed by atoms with van der Waals surface area (Å²) in [5, 5.41) is 18.5. The zero-order valence-electron chi connectivity index (χ0n) is 29.9. The molecule has 2 heterocycles. The van der Waals surface area contributed by atoms with Gasteiger partial charge in [-0.1, -0.05) is 31.2 Å². The van der Waals surface area contributed by atoms with Crippen LogP contribution < -0.4 is 30.2 Å². The summed E-state index contributed by atoms with van der Waals surface area (Å²) in [4.78, 5) is 55.9. The van der Waals surface area contributed by atoms with Crippen LogP contribution in [0.1, 0.15) is 52.2 Å². The van der Waals surface area contributed by atoms with Crippen LogP contribution in [0, 0.1) is 11.3 Å². The van der Waals surface area contributed by atoms with Crippen LogP contribution >= 0.6 is 23.1 Å². The number of carbonyl (C=O) groups excluding carboxylic acids is 4. The van der Waals surface area contributed by atoms with E-state index in [-0.39, 0.29) is 17.5 Å². The van der Waals surface area contributed by atoms with Gasteiger partial charge in [-0.15, -0.1) is 23.1 Å². The van der Waals surface area contributed by atoms with Gasteiger partial charge in [0.25, 0.3) is 11.8 Å². The molecule has 0 radical (unpaired) electrons. The molecule has 0 spiro atoms. The molecule has 0 aliphatic carbocycles. The maximum Gasteiger partial charge on any atom is 0.272 e. The van der Waals surface area contributed by atoms with Gasteiger partial charge in [0, 0.05) is 34.5 Å². The van der Waals surface area contributed by atoms with Gasteiger partial charge < -0.3 is 35.1 Å². The first-order valence-corrected chi connectivity index (χ1v) is 18.4. The fraction of sp³-hybridized carbons (Fsp3) is 0.256. The Morgan fingerprint density at radius 2 is 1.70 bits per heavy atom. The maximum atomic E-state index is 13.8. The van der Waals surface area contributed by atoms with E-state index in [2.05, 4.69) is 22.0 Å². The Bertz CT molecular complexity index is 2070. The van der Waals surface area contributed by atoms with Gasteiger partial charge in [0.05, 0.1) is 38.7 Å². The van der Waals surface area contributed by atoms with Crippen molar-refractivity contribution in [3.05, 3.63) is 99.6 Å². The average molecular weight is 754 g/mol. The number of thiophene rings is 1. The van der Waals surface area contributed by atoms with Crippen LogP contribution in [0.2, 0.25) is 0 Å². The third kappa shape index (κ3) is 9.18. The van der Waals surface area contributed by atoms with Gasteiger partial charge in [0.1, 0.15) is 16.8 Å². The Labute approximate surface area is 316 Å². The first-order chi connectivity index (χ1) is 25.6. The van der Waals surface area contributed by atoms with Crippen molar-refractivity contribution in [2.75, 3.05) is 38.5 Å². The molecule has 14 heteroatoms. The predicted octanol–water partition coefficient (Wildman–Crippen LogP) is 6.47.